The molecule has 28 heavy (non-hydrogen) atoms. The van der Waals surface area contributed by atoms with Gasteiger partial charge in [-0.2, -0.15) is 0 Å². The molecule has 0 saturated heterocycles. The summed E-state index contributed by atoms with van der Waals surface area (Å²) in [5.74, 6) is -0.647. The second kappa shape index (κ2) is 12.8. The highest BCUT2D eigenvalue weighted by molar-refractivity contribution is 6.76. The van der Waals surface area contributed by atoms with E-state index in [2.05, 4.69) is 30.3 Å². The van der Waals surface area contributed by atoms with Gasteiger partial charge in [-0.15, -0.1) is 0 Å². The average Bonchev–Trinajstić information content (AvgIpc) is 2.51. The molecule has 0 aromatic heterocycles. The molecular weight excluding hydrogens is 378 g/mol. The standard InChI is InChI=1S/C19H39N3O5Si/c1-19(2,3)27-16(23)10-12-21-17(24)15(20)9-7-8-11-22-18(25)26-13-14-28(4,5)6/h15H,7-14,20H2,1-6H3,(H,21,24)(H,22,25)/t15-/m0/s1. The molecule has 164 valence electrons. The summed E-state index contributed by atoms with van der Waals surface area (Å²) < 4.78 is 10.3. The number of carbonyl (C=O) groups is 3. The number of ether oxygens (including phenoxy) is 2. The highest BCUT2D eigenvalue weighted by Gasteiger charge is 2.17. The van der Waals surface area contributed by atoms with Gasteiger partial charge in [0.2, 0.25) is 5.91 Å². The van der Waals surface area contributed by atoms with Crippen molar-refractivity contribution >= 4 is 26.0 Å². The quantitative estimate of drug-likeness (QED) is 0.255. The zero-order valence-corrected chi connectivity index (χ0v) is 19.4. The lowest BCUT2D eigenvalue weighted by Gasteiger charge is -2.19. The Morgan fingerprint density at radius 2 is 1.68 bits per heavy atom. The summed E-state index contributed by atoms with van der Waals surface area (Å²) >= 11 is 0. The Hall–Kier alpha value is -1.61. The molecular formula is C19H39N3O5Si. The molecule has 0 heterocycles. The van der Waals surface area contributed by atoms with Gasteiger partial charge < -0.3 is 25.8 Å². The number of unbranched alkanes of at least 4 members (excludes halogenated alkanes) is 1. The molecule has 0 fully saturated rings. The normalized spacial score (nSPS) is 12.8. The summed E-state index contributed by atoms with van der Waals surface area (Å²) in [5, 5.41) is 5.34. The fraction of sp³-hybridized carbons (Fsp3) is 0.842. The molecule has 0 aromatic carbocycles. The molecule has 0 rings (SSSR count). The maximum atomic E-state index is 11.9. The first-order chi connectivity index (χ1) is 12.8. The number of alkyl carbamates (subject to hydrolysis) is 1. The molecule has 0 aliphatic heterocycles. The highest BCUT2D eigenvalue weighted by atomic mass is 28.3. The van der Waals surface area contributed by atoms with Crippen molar-refractivity contribution in [1.29, 1.82) is 0 Å². The van der Waals surface area contributed by atoms with Crippen LogP contribution in [0.25, 0.3) is 0 Å². The van der Waals surface area contributed by atoms with Crippen LogP contribution in [0.5, 0.6) is 0 Å². The van der Waals surface area contributed by atoms with Gasteiger partial charge in [-0.05, 0) is 46.1 Å². The van der Waals surface area contributed by atoms with Crippen molar-refractivity contribution in [3.63, 3.8) is 0 Å². The van der Waals surface area contributed by atoms with Crippen LogP contribution < -0.4 is 16.4 Å². The third-order valence-electron chi connectivity index (χ3n) is 3.68. The third-order valence-corrected chi connectivity index (χ3v) is 5.39. The molecule has 0 unspecified atom stereocenters. The first-order valence-electron chi connectivity index (χ1n) is 9.96. The number of amides is 2. The van der Waals surface area contributed by atoms with Gasteiger partial charge in [0.15, 0.2) is 0 Å². The number of nitrogens with one attached hydrogen (secondary N) is 2. The van der Waals surface area contributed by atoms with Crippen molar-refractivity contribution < 1.29 is 23.9 Å². The smallest absolute Gasteiger partial charge is 0.407 e. The summed E-state index contributed by atoms with van der Waals surface area (Å²) in [6.07, 6.45) is 1.63. The summed E-state index contributed by atoms with van der Waals surface area (Å²) in [6, 6.07) is 0.306. The van der Waals surface area contributed by atoms with Gasteiger partial charge in [0.05, 0.1) is 19.1 Å². The second-order valence-electron chi connectivity index (χ2n) is 9.10. The first kappa shape index (κ1) is 26.4. The van der Waals surface area contributed by atoms with E-state index in [-0.39, 0.29) is 24.8 Å². The lowest BCUT2D eigenvalue weighted by Crippen LogP contribution is -2.41. The molecule has 9 heteroatoms. The fourth-order valence-electron chi connectivity index (χ4n) is 2.12. The molecule has 0 aromatic rings. The third kappa shape index (κ3) is 16.6. The molecule has 0 aliphatic rings. The van der Waals surface area contributed by atoms with Crippen LogP contribution in [0.1, 0.15) is 46.5 Å². The van der Waals surface area contributed by atoms with Crippen molar-refractivity contribution in [2.75, 3.05) is 19.7 Å². The Bertz CT molecular complexity index is 501. The van der Waals surface area contributed by atoms with Gasteiger partial charge in [0, 0.05) is 21.2 Å². The van der Waals surface area contributed by atoms with E-state index < -0.39 is 25.8 Å². The summed E-state index contributed by atoms with van der Waals surface area (Å²) in [5.41, 5.74) is 5.31. The van der Waals surface area contributed by atoms with Crippen molar-refractivity contribution in [2.24, 2.45) is 5.73 Å². The second-order valence-corrected chi connectivity index (χ2v) is 14.7. The number of esters is 1. The van der Waals surface area contributed by atoms with E-state index in [1.54, 1.807) is 20.8 Å². The Kier molecular flexibility index (Phi) is 12.0. The van der Waals surface area contributed by atoms with Crippen LogP contribution in [0.4, 0.5) is 4.79 Å². The summed E-state index contributed by atoms with van der Waals surface area (Å²) in [7, 11) is -1.20. The van der Waals surface area contributed by atoms with Crippen LogP contribution in [-0.4, -0.2) is 57.4 Å². The minimum absolute atomic E-state index is 0.111. The van der Waals surface area contributed by atoms with E-state index in [0.29, 0.717) is 32.4 Å². The zero-order valence-electron chi connectivity index (χ0n) is 18.4. The fourth-order valence-corrected chi connectivity index (χ4v) is 2.84. The average molecular weight is 418 g/mol. The largest absolute Gasteiger partial charge is 0.460 e. The predicted molar refractivity (Wildman–Crippen MR) is 113 cm³/mol. The molecule has 2 amide bonds. The minimum Gasteiger partial charge on any atom is -0.460 e. The number of hydrogen-bond acceptors (Lipinski definition) is 6. The Morgan fingerprint density at radius 3 is 2.25 bits per heavy atom. The highest BCUT2D eigenvalue weighted by Crippen LogP contribution is 2.08. The lowest BCUT2D eigenvalue weighted by molar-refractivity contribution is -0.154. The van der Waals surface area contributed by atoms with Crippen LogP contribution in [0.2, 0.25) is 25.7 Å². The van der Waals surface area contributed by atoms with Crippen molar-refractivity contribution in [2.45, 2.75) is 83.8 Å². The van der Waals surface area contributed by atoms with Crippen LogP contribution in [0.3, 0.4) is 0 Å². The molecule has 0 aliphatic carbocycles. The van der Waals surface area contributed by atoms with Crippen molar-refractivity contribution in [3.05, 3.63) is 0 Å². The SMILES string of the molecule is CC(C)(C)OC(=O)CCNC(=O)[C@@H](N)CCCCNC(=O)OCC[Si](C)(C)C. The number of rotatable bonds is 12. The molecule has 0 bridgehead atoms. The van der Waals surface area contributed by atoms with E-state index in [4.69, 9.17) is 15.2 Å². The topological polar surface area (TPSA) is 120 Å². The maximum Gasteiger partial charge on any atom is 0.407 e. The molecule has 0 spiro atoms. The van der Waals surface area contributed by atoms with Gasteiger partial charge in [-0.3, -0.25) is 9.59 Å². The summed E-state index contributed by atoms with van der Waals surface area (Å²) in [4.78, 5) is 35.0. The monoisotopic (exact) mass is 417 g/mol. The van der Waals surface area contributed by atoms with Crippen LogP contribution >= 0.6 is 0 Å². The van der Waals surface area contributed by atoms with E-state index in [1.807, 2.05) is 0 Å². The van der Waals surface area contributed by atoms with Gasteiger partial charge in [-0.1, -0.05) is 19.6 Å². The Balaban J connectivity index is 3.75. The lowest BCUT2D eigenvalue weighted by atomic mass is 10.1. The van der Waals surface area contributed by atoms with E-state index in [1.165, 1.54) is 0 Å². The van der Waals surface area contributed by atoms with Gasteiger partial charge in [0.1, 0.15) is 5.60 Å². The van der Waals surface area contributed by atoms with Crippen LogP contribution in [-0.2, 0) is 19.1 Å². The van der Waals surface area contributed by atoms with Crippen molar-refractivity contribution in [3.8, 4) is 0 Å². The van der Waals surface area contributed by atoms with Gasteiger partial charge >= 0.3 is 12.1 Å². The van der Waals surface area contributed by atoms with E-state index in [0.717, 1.165) is 6.04 Å². The van der Waals surface area contributed by atoms with Crippen molar-refractivity contribution in [1.82, 2.24) is 10.6 Å². The van der Waals surface area contributed by atoms with E-state index >= 15 is 0 Å². The Morgan fingerprint density at radius 1 is 1.04 bits per heavy atom. The number of nitrogens with two attached hydrogens (primary N) is 1. The minimum atomic E-state index is -1.20. The molecule has 0 radical (unpaired) electrons. The van der Waals surface area contributed by atoms with Gasteiger partial charge in [0.25, 0.3) is 0 Å². The predicted octanol–water partition coefficient (Wildman–Crippen LogP) is 2.40. The number of carbonyl (C=O) groups excluding carboxylic acids is 3. The molecule has 8 nitrogen and oxygen atoms in total. The number of hydrogen-bond donors (Lipinski definition) is 3. The maximum absolute atomic E-state index is 11.9. The molecule has 1 atom stereocenters. The summed E-state index contributed by atoms with van der Waals surface area (Å²) in [6.45, 7) is 13.2. The molecule has 0 saturated carbocycles. The molecule has 4 N–H and O–H groups in total. The van der Waals surface area contributed by atoms with Crippen LogP contribution in [0.15, 0.2) is 0 Å². The van der Waals surface area contributed by atoms with Gasteiger partial charge in [-0.25, -0.2) is 4.79 Å². The zero-order chi connectivity index (χ0) is 21.8. The van der Waals surface area contributed by atoms with E-state index in [9.17, 15) is 14.4 Å². The first-order valence-corrected chi connectivity index (χ1v) is 13.7. The Labute approximate surface area is 170 Å². The van der Waals surface area contributed by atoms with Crippen LogP contribution in [0, 0.1) is 0 Å².